The molecule has 136 valence electrons. The van der Waals surface area contributed by atoms with E-state index in [1.54, 1.807) is 12.1 Å². The van der Waals surface area contributed by atoms with Crippen molar-refractivity contribution < 1.29 is 19.4 Å². The molecule has 6 nitrogen and oxygen atoms in total. The molecule has 0 atom stereocenters. The highest BCUT2D eigenvalue weighted by Crippen LogP contribution is 2.10. The molecule has 0 spiro atoms. The number of rotatable bonds is 7. The maximum atomic E-state index is 12.1. The Hall–Kier alpha value is -2.93. The standard InChI is InChI=1S/C19H20N2O4S/c1-2-13-7-9-14(10-8-13)21-19(26)25-12-11-20-17(22)15-5-3-4-6-16(15)18(23)24/h3-10H,2,11-12H2,1H3,(H,20,22)(H,21,26)(H,23,24). The zero-order valence-electron chi connectivity index (χ0n) is 14.3. The molecule has 0 saturated carbocycles. The van der Waals surface area contributed by atoms with Crippen LogP contribution < -0.4 is 10.6 Å². The van der Waals surface area contributed by atoms with Crippen LogP contribution in [0, 0.1) is 0 Å². The lowest BCUT2D eigenvalue weighted by Gasteiger charge is -2.11. The monoisotopic (exact) mass is 372 g/mol. The summed E-state index contributed by atoms with van der Waals surface area (Å²) >= 11 is 5.10. The molecule has 1 amide bonds. The molecule has 0 saturated heterocycles. The lowest BCUT2D eigenvalue weighted by molar-refractivity contribution is 0.0691. The second-order valence-electron chi connectivity index (χ2n) is 5.42. The van der Waals surface area contributed by atoms with Crippen LogP contribution in [-0.4, -0.2) is 35.3 Å². The summed E-state index contributed by atoms with van der Waals surface area (Å²) in [6, 6.07) is 13.9. The number of benzene rings is 2. The molecule has 0 radical (unpaired) electrons. The average Bonchev–Trinajstić information content (AvgIpc) is 2.65. The third-order valence-electron chi connectivity index (χ3n) is 3.63. The number of hydrogen-bond acceptors (Lipinski definition) is 4. The molecule has 0 fully saturated rings. The SMILES string of the molecule is CCc1ccc(NC(=S)OCCNC(=O)c2ccccc2C(=O)O)cc1. The quantitative estimate of drug-likeness (QED) is 0.511. The molecule has 0 bridgehead atoms. The minimum absolute atomic E-state index is 0.0429. The van der Waals surface area contributed by atoms with E-state index in [0.29, 0.717) is 0 Å². The summed E-state index contributed by atoms with van der Waals surface area (Å²) in [5, 5.41) is 14.9. The van der Waals surface area contributed by atoms with E-state index in [2.05, 4.69) is 17.6 Å². The fourth-order valence-electron chi connectivity index (χ4n) is 2.25. The van der Waals surface area contributed by atoms with Gasteiger partial charge in [0.2, 0.25) is 0 Å². The molecule has 0 unspecified atom stereocenters. The van der Waals surface area contributed by atoms with Gasteiger partial charge in [-0.05, 0) is 48.5 Å². The molecule has 2 aromatic carbocycles. The van der Waals surface area contributed by atoms with E-state index in [-0.39, 0.29) is 29.5 Å². The van der Waals surface area contributed by atoms with Gasteiger partial charge in [0.25, 0.3) is 11.1 Å². The third kappa shape index (κ3) is 5.56. The smallest absolute Gasteiger partial charge is 0.336 e. The largest absolute Gasteiger partial charge is 0.478 e. The van der Waals surface area contributed by atoms with Crippen LogP contribution in [-0.2, 0) is 11.2 Å². The highest BCUT2D eigenvalue weighted by molar-refractivity contribution is 7.80. The van der Waals surface area contributed by atoms with Crippen molar-refractivity contribution >= 4 is 35.0 Å². The Morgan fingerprint density at radius 3 is 2.35 bits per heavy atom. The summed E-state index contributed by atoms with van der Waals surface area (Å²) in [5.74, 6) is -1.62. The van der Waals surface area contributed by atoms with E-state index in [1.165, 1.54) is 17.7 Å². The van der Waals surface area contributed by atoms with Crippen LogP contribution in [0.15, 0.2) is 48.5 Å². The van der Waals surface area contributed by atoms with Crippen LogP contribution in [0.25, 0.3) is 0 Å². The van der Waals surface area contributed by atoms with E-state index in [9.17, 15) is 9.59 Å². The summed E-state index contributed by atoms with van der Waals surface area (Å²) in [6.07, 6.45) is 0.964. The summed E-state index contributed by atoms with van der Waals surface area (Å²) in [4.78, 5) is 23.2. The van der Waals surface area contributed by atoms with Crippen LogP contribution >= 0.6 is 12.2 Å². The molecule has 2 rings (SSSR count). The number of aryl methyl sites for hydroxylation is 1. The first kappa shape index (κ1) is 19.4. The van der Waals surface area contributed by atoms with Crippen LogP contribution in [0.3, 0.4) is 0 Å². The molecule has 2 aromatic rings. The summed E-state index contributed by atoms with van der Waals surface area (Å²) < 4.78 is 5.36. The van der Waals surface area contributed by atoms with Crippen LogP contribution in [0.1, 0.15) is 33.2 Å². The first-order chi connectivity index (χ1) is 12.5. The molecule has 0 heterocycles. The lowest BCUT2D eigenvalue weighted by Crippen LogP contribution is -2.30. The fourth-order valence-corrected chi connectivity index (χ4v) is 2.45. The van der Waals surface area contributed by atoms with Gasteiger partial charge in [-0.1, -0.05) is 31.2 Å². The number of hydrogen-bond donors (Lipinski definition) is 3. The van der Waals surface area contributed by atoms with Gasteiger partial charge in [0, 0.05) is 5.69 Å². The van der Waals surface area contributed by atoms with Gasteiger partial charge in [-0.15, -0.1) is 0 Å². The number of anilines is 1. The molecule has 3 N–H and O–H groups in total. The van der Waals surface area contributed by atoms with Gasteiger partial charge in [-0.3, -0.25) is 4.79 Å². The van der Waals surface area contributed by atoms with Crippen molar-refractivity contribution in [1.82, 2.24) is 5.32 Å². The highest BCUT2D eigenvalue weighted by Gasteiger charge is 2.15. The van der Waals surface area contributed by atoms with Crippen molar-refractivity contribution in [2.24, 2.45) is 0 Å². The molecule has 26 heavy (non-hydrogen) atoms. The Kier molecular flexibility index (Phi) is 7.11. The molecule has 0 aromatic heterocycles. The Morgan fingerprint density at radius 2 is 1.73 bits per heavy atom. The van der Waals surface area contributed by atoms with Crippen LogP contribution in [0.2, 0.25) is 0 Å². The number of thiocarbonyl (C=S) groups is 1. The maximum absolute atomic E-state index is 12.1. The molecule has 0 aliphatic carbocycles. The Labute approximate surface area is 157 Å². The summed E-state index contributed by atoms with van der Waals surface area (Å²) in [7, 11) is 0. The van der Waals surface area contributed by atoms with Gasteiger partial charge in [-0.25, -0.2) is 4.79 Å². The third-order valence-corrected chi connectivity index (χ3v) is 3.85. The van der Waals surface area contributed by atoms with E-state index in [4.69, 9.17) is 22.1 Å². The summed E-state index contributed by atoms with van der Waals surface area (Å²) in [5.41, 5.74) is 2.12. The van der Waals surface area contributed by atoms with Gasteiger partial charge in [0.1, 0.15) is 6.61 Å². The van der Waals surface area contributed by atoms with Gasteiger partial charge in [0.15, 0.2) is 0 Å². The molecule has 7 heteroatoms. The number of ether oxygens (including phenoxy) is 1. The zero-order valence-corrected chi connectivity index (χ0v) is 15.1. The maximum Gasteiger partial charge on any atom is 0.336 e. The van der Waals surface area contributed by atoms with E-state index in [1.807, 2.05) is 24.3 Å². The molecule has 0 aliphatic heterocycles. The topological polar surface area (TPSA) is 87.7 Å². The van der Waals surface area contributed by atoms with Gasteiger partial charge < -0.3 is 20.5 Å². The van der Waals surface area contributed by atoms with Crippen LogP contribution in [0.4, 0.5) is 5.69 Å². The average molecular weight is 372 g/mol. The van der Waals surface area contributed by atoms with E-state index >= 15 is 0 Å². The Balaban J connectivity index is 1.76. The van der Waals surface area contributed by atoms with Gasteiger partial charge in [0.05, 0.1) is 17.7 Å². The number of nitrogens with one attached hydrogen (secondary N) is 2. The number of carbonyl (C=O) groups is 2. The van der Waals surface area contributed by atoms with Crippen molar-refractivity contribution in [2.75, 3.05) is 18.5 Å². The Morgan fingerprint density at radius 1 is 1.08 bits per heavy atom. The van der Waals surface area contributed by atoms with Crippen molar-refractivity contribution in [2.45, 2.75) is 13.3 Å². The highest BCUT2D eigenvalue weighted by atomic mass is 32.1. The first-order valence-electron chi connectivity index (χ1n) is 8.14. The minimum Gasteiger partial charge on any atom is -0.478 e. The molecular weight excluding hydrogens is 352 g/mol. The predicted molar refractivity (Wildman–Crippen MR) is 104 cm³/mol. The predicted octanol–water partition coefficient (Wildman–Crippen LogP) is 3.09. The second-order valence-corrected chi connectivity index (χ2v) is 5.79. The van der Waals surface area contributed by atoms with Gasteiger partial charge in [-0.2, -0.15) is 0 Å². The van der Waals surface area contributed by atoms with Crippen molar-refractivity contribution in [3.63, 3.8) is 0 Å². The second kappa shape index (κ2) is 9.53. The van der Waals surface area contributed by atoms with E-state index < -0.39 is 11.9 Å². The van der Waals surface area contributed by atoms with Crippen molar-refractivity contribution in [3.8, 4) is 0 Å². The molecule has 0 aliphatic rings. The van der Waals surface area contributed by atoms with Crippen molar-refractivity contribution in [3.05, 3.63) is 65.2 Å². The number of amides is 1. The normalized spacial score (nSPS) is 10.0. The number of aromatic carboxylic acids is 1. The van der Waals surface area contributed by atoms with Gasteiger partial charge >= 0.3 is 5.97 Å². The lowest BCUT2D eigenvalue weighted by atomic mass is 10.1. The number of carboxylic acid groups (broad SMARTS) is 1. The van der Waals surface area contributed by atoms with Crippen molar-refractivity contribution in [1.29, 1.82) is 0 Å². The number of carbonyl (C=O) groups excluding carboxylic acids is 1. The first-order valence-corrected chi connectivity index (χ1v) is 8.55. The number of carboxylic acids is 1. The zero-order chi connectivity index (χ0) is 18.9. The fraction of sp³-hybridized carbons (Fsp3) is 0.211. The Bertz CT molecular complexity index is 790. The minimum atomic E-state index is -1.15. The van der Waals surface area contributed by atoms with E-state index in [0.717, 1.165) is 12.1 Å². The summed E-state index contributed by atoms with van der Waals surface area (Å²) in [6.45, 7) is 2.45. The molecular formula is C19H20N2O4S. The van der Waals surface area contributed by atoms with Crippen LogP contribution in [0.5, 0.6) is 0 Å².